The number of rotatable bonds is 9. The van der Waals surface area contributed by atoms with E-state index in [0.29, 0.717) is 0 Å². The van der Waals surface area contributed by atoms with Crippen LogP contribution in [0.15, 0.2) is 39.5 Å². The van der Waals surface area contributed by atoms with Crippen LogP contribution in [-0.4, -0.2) is 134 Å². The second-order valence-electron chi connectivity index (χ2n) is 11.1. The van der Waals surface area contributed by atoms with E-state index in [1.165, 1.54) is 25.3 Å². The van der Waals surface area contributed by atoms with Crippen LogP contribution in [0.25, 0.3) is 22.3 Å². The van der Waals surface area contributed by atoms with E-state index >= 15 is 0 Å². The van der Waals surface area contributed by atoms with Crippen LogP contribution in [0.3, 0.4) is 0 Å². The summed E-state index contributed by atoms with van der Waals surface area (Å²) in [5.74, 6) is -3.25. The first kappa shape index (κ1) is 35.1. The molecule has 0 spiro atoms. The van der Waals surface area contributed by atoms with Crippen molar-refractivity contribution in [1.82, 2.24) is 0 Å². The van der Waals surface area contributed by atoms with Crippen LogP contribution in [-0.2, 0) is 23.7 Å². The van der Waals surface area contributed by atoms with Gasteiger partial charge in [0.05, 0.1) is 13.7 Å². The predicted molar refractivity (Wildman–Crippen MR) is 156 cm³/mol. The minimum Gasteiger partial charge on any atom is -0.507 e. The SMILES string of the molecule is COc1ccc(-c2cc(=O)c3c(O)cc(OC4OC(COC(C)=O)C(O)C(O)C4OC4OC(CO)C(O)C(O)C4O)c(O)c3o2)cc1O. The fraction of sp³-hybridized carbons (Fsp3) is 0.467. The lowest BCUT2D eigenvalue weighted by atomic mass is 9.97. The summed E-state index contributed by atoms with van der Waals surface area (Å²) >= 11 is 0. The Bertz CT molecular complexity index is 1690. The summed E-state index contributed by atoms with van der Waals surface area (Å²) < 4.78 is 38.1. The molecular weight excluding hydrogens is 648 g/mol. The van der Waals surface area contributed by atoms with Gasteiger partial charge in [-0.3, -0.25) is 9.59 Å². The van der Waals surface area contributed by atoms with Gasteiger partial charge in [0.2, 0.25) is 12.0 Å². The lowest BCUT2D eigenvalue weighted by Gasteiger charge is -2.45. The molecule has 3 heterocycles. The molecule has 3 aromatic rings. The number of carbonyl (C=O) groups excluding carboxylic acids is 1. The van der Waals surface area contributed by atoms with Crippen molar-refractivity contribution in [3.63, 3.8) is 0 Å². The van der Waals surface area contributed by atoms with E-state index in [9.17, 15) is 55.5 Å². The summed E-state index contributed by atoms with van der Waals surface area (Å²) in [6.07, 6.45) is -17.8. The molecule has 0 saturated carbocycles. The third-order valence-corrected chi connectivity index (χ3v) is 7.86. The summed E-state index contributed by atoms with van der Waals surface area (Å²) in [7, 11) is 1.33. The average molecular weight is 683 g/mol. The lowest BCUT2D eigenvalue weighted by molar-refractivity contribution is -0.358. The molecule has 18 heteroatoms. The maximum atomic E-state index is 13.0. The summed E-state index contributed by atoms with van der Waals surface area (Å²) in [6.45, 7) is -0.326. The topological polar surface area (TPSA) is 285 Å². The van der Waals surface area contributed by atoms with Crippen LogP contribution in [0.1, 0.15) is 6.92 Å². The molecule has 2 aromatic carbocycles. The van der Waals surface area contributed by atoms with Gasteiger partial charge in [-0.1, -0.05) is 0 Å². The van der Waals surface area contributed by atoms with Gasteiger partial charge in [-0.2, -0.15) is 0 Å². The molecule has 2 saturated heterocycles. The van der Waals surface area contributed by atoms with E-state index in [-0.39, 0.29) is 22.8 Å². The number of esters is 1. The van der Waals surface area contributed by atoms with E-state index in [1.54, 1.807) is 0 Å². The van der Waals surface area contributed by atoms with Crippen LogP contribution < -0.4 is 14.9 Å². The van der Waals surface area contributed by atoms with Gasteiger partial charge in [-0.05, 0) is 18.2 Å². The number of aromatic hydroxyl groups is 3. The van der Waals surface area contributed by atoms with Crippen LogP contribution in [0, 0.1) is 0 Å². The van der Waals surface area contributed by atoms with Crippen LogP contribution >= 0.6 is 0 Å². The smallest absolute Gasteiger partial charge is 0.302 e. The quantitative estimate of drug-likeness (QED) is 0.0885. The average Bonchev–Trinajstić information content (AvgIpc) is 3.05. The molecular formula is C30H34O18. The highest BCUT2D eigenvalue weighted by molar-refractivity contribution is 5.91. The fourth-order valence-electron chi connectivity index (χ4n) is 5.30. The van der Waals surface area contributed by atoms with Crippen LogP contribution in [0.2, 0.25) is 0 Å². The van der Waals surface area contributed by atoms with Crippen molar-refractivity contribution in [3.8, 4) is 40.1 Å². The first-order valence-corrected chi connectivity index (χ1v) is 14.4. The van der Waals surface area contributed by atoms with Crippen molar-refractivity contribution in [2.24, 2.45) is 0 Å². The molecule has 2 aliphatic heterocycles. The highest BCUT2D eigenvalue weighted by atomic mass is 16.8. The molecule has 10 atom stereocenters. The summed E-state index contributed by atoms with van der Waals surface area (Å²) in [4.78, 5) is 24.4. The van der Waals surface area contributed by atoms with Gasteiger partial charge in [0.1, 0.15) is 66.2 Å². The molecule has 48 heavy (non-hydrogen) atoms. The van der Waals surface area contributed by atoms with E-state index in [1.807, 2.05) is 0 Å². The normalized spacial score (nSPS) is 30.6. The molecule has 10 unspecified atom stereocenters. The van der Waals surface area contributed by atoms with E-state index in [2.05, 4.69) is 0 Å². The molecule has 262 valence electrons. The monoisotopic (exact) mass is 682 g/mol. The van der Waals surface area contributed by atoms with Crippen molar-refractivity contribution >= 4 is 16.9 Å². The predicted octanol–water partition coefficient (Wildman–Crippen LogP) is -1.84. The zero-order chi connectivity index (χ0) is 35.0. The van der Waals surface area contributed by atoms with Gasteiger partial charge in [0.15, 0.2) is 40.7 Å². The molecule has 18 nitrogen and oxygen atoms in total. The summed E-state index contributed by atoms with van der Waals surface area (Å²) in [5, 5.41) is 93.9. The van der Waals surface area contributed by atoms with Gasteiger partial charge < -0.3 is 78.8 Å². The first-order chi connectivity index (χ1) is 22.7. The van der Waals surface area contributed by atoms with Gasteiger partial charge in [0.25, 0.3) is 0 Å². The van der Waals surface area contributed by atoms with Crippen molar-refractivity contribution in [2.75, 3.05) is 20.3 Å². The molecule has 2 aliphatic rings. The molecule has 5 rings (SSSR count). The highest BCUT2D eigenvalue weighted by Gasteiger charge is 2.52. The third-order valence-electron chi connectivity index (χ3n) is 7.86. The number of phenols is 3. The number of hydrogen-bond donors (Lipinski definition) is 9. The Morgan fingerprint density at radius 2 is 1.52 bits per heavy atom. The van der Waals surface area contributed by atoms with Crippen LogP contribution in [0.5, 0.6) is 28.7 Å². The lowest BCUT2D eigenvalue weighted by Crippen LogP contribution is -2.65. The number of phenolic OH excluding ortho intramolecular Hbond substituents is 3. The number of ether oxygens (including phenoxy) is 6. The van der Waals surface area contributed by atoms with Gasteiger partial charge in [0, 0.05) is 24.6 Å². The Hall–Kier alpha value is -4.24. The molecule has 0 radical (unpaired) electrons. The van der Waals surface area contributed by atoms with Gasteiger partial charge in [-0.15, -0.1) is 0 Å². The molecule has 1 aromatic heterocycles. The Morgan fingerprint density at radius 3 is 2.17 bits per heavy atom. The number of aliphatic hydroxyl groups excluding tert-OH is 6. The second kappa shape index (κ2) is 14.1. The molecule has 0 amide bonds. The Kier molecular flexibility index (Phi) is 10.3. The molecule has 9 N–H and O–H groups in total. The van der Waals surface area contributed by atoms with Crippen LogP contribution in [0.4, 0.5) is 0 Å². The Balaban J connectivity index is 1.53. The van der Waals surface area contributed by atoms with Crippen molar-refractivity contribution < 1.29 is 83.6 Å². The molecule has 0 bridgehead atoms. The zero-order valence-electron chi connectivity index (χ0n) is 25.3. The number of carbonyl (C=O) groups is 1. The number of hydrogen-bond acceptors (Lipinski definition) is 18. The maximum Gasteiger partial charge on any atom is 0.302 e. The minimum atomic E-state index is -1.96. The third kappa shape index (κ3) is 6.70. The second-order valence-corrected chi connectivity index (χ2v) is 11.1. The zero-order valence-corrected chi connectivity index (χ0v) is 25.3. The molecule has 2 fully saturated rings. The Morgan fingerprint density at radius 1 is 0.833 bits per heavy atom. The number of benzene rings is 2. The summed E-state index contributed by atoms with van der Waals surface area (Å²) in [6, 6.07) is 5.91. The number of aliphatic hydroxyl groups is 6. The van der Waals surface area contributed by atoms with E-state index in [0.717, 1.165) is 19.1 Å². The van der Waals surface area contributed by atoms with E-state index in [4.69, 9.17) is 32.8 Å². The number of methoxy groups -OCH3 is 1. The van der Waals surface area contributed by atoms with Gasteiger partial charge >= 0.3 is 5.97 Å². The largest absolute Gasteiger partial charge is 0.507 e. The Labute approximate surface area is 270 Å². The minimum absolute atomic E-state index is 0.130. The van der Waals surface area contributed by atoms with Gasteiger partial charge in [-0.25, -0.2) is 0 Å². The standard InChI is InChI=1S/C30H34O18/c1-10(32)43-9-19-22(37)25(40)28(48-29-26(41)24(39)21(36)18(8-31)46-29)30(47-19)45-17-7-14(35)20-13(34)6-16(44-27(20)23(17)38)11-3-4-15(42-2)12(33)5-11/h3-7,18-19,21-22,24-26,28-31,33,35-41H,8-9H2,1-2H3. The number of fused-ring (bicyclic) bond motifs is 1. The van der Waals surface area contributed by atoms with Crippen molar-refractivity contribution in [2.45, 2.75) is 68.3 Å². The molecule has 0 aliphatic carbocycles. The van der Waals surface area contributed by atoms with E-state index < -0.39 is 114 Å². The summed E-state index contributed by atoms with van der Waals surface area (Å²) in [5.41, 5.74) is -1.17. The van der Waals surface area contributed by atoms with Crippen molar-refractivity contribution in [3.05, 3.63) is 40.6 Å². The fourth-order valence-corrected chi connectivity index (χ4v) is 5.30. The highest BCUT2D eigenvalue weighted by Crippen LogP contribution is 2.42. The maximum absolute atomic E-state index is 13.0. The van der Waals surface area contributed by atoms with Crippen molar-refractivity contribution in [1.29, 1.82) is 0 Å². The first-order valence-electron chi connectivity index (χ1n) is 14.4.